The van der Waals surface area contributed by atoms with Gasteiger partial charge in [0, 0.05) is 11.3 Å². The molecule has 2 heterocycles. The van der Waals surface area contributed by atoms with E-state index in [1.165, 1.54) is 0 Å². The number of H-pyrrole nitrogens is 1. The monoisotopic (exact) mass is 340 g/mol. The molecule has 0 saturated carbocycles. The van der Waals surface area contributed by atoms with E-state index < -0.39 is 5.79 Å². The van der Waals surface area contributed by atoms with Gasteiger partial charge in [0.2, 0.25) is 5.95 Å². The summed E-state index contributed by atoms with van der Waals surface area (Å²) in [6, 6.07) is 23.3. The molecule has 6 nitrogen and oxygen atoms in total. The fraction of sp³-hybridized carbons (Fsp3) is 0.0500. The van der Waals surface area contributed by atoms with Crippen LogP contribution >= 0.6 is 0 Å². The first-order valence-corrected chi connectivity index (χ1v) is 8.36. The third-order valence-electron chi connectivity index (χ3n) is 4.44. The van der Waals surface area contributed by atoms with E-state index in [1.54, 1.807) is 0 Å². The zero-order chi connectivity index (χ0) is 17.6. The number of para-hydroxylation sites is 4. The number of nitrogens with two attached hydrogens (primary N) is 1. The van der Waals surface area contributed by atoms with E-state index in [1.807, 2.05) is 72.8 Å². The number of hydrogen-bond acceptors (Lipinski definition) is 5. The summed E-state index contributed by atoms with van der Waals surface area (Å²) in [5.41, 5.74) is 9.29. The predicted octanol–water partition coefficient (Wildman–Crippen LogP) is 2.32. The number of aromatic nitrogens is 2. The van der Waals surface area contributed by atoms with Crippen molar-refractivity contribution in [3.63, 3.8) is 0 Å². The summed E-state index contributed by atoms with van der Waals surface area (Å²) in [6.45, 7) is 0. The van der Waals surface area contributed by atoms with Gasteiger partial charge in [0.25, 0.3) is 5.79 Å². The van der Waals surface area contributed by atoms with Crippen LogP contribution < -0.4 is 21.8 Å². The standard InChI is InChI=1S/C20H16N6/c21-14-11-9-13(10-12-14)20(24-17-7-3-4-8-18(17)25-20)26-19-22-15-5-1-2-6-16(15)23-19/h1-12H,21H2,(H2,22,23,26). The summed E-state index contributed by atoms with van der Waals surface area (Å²) >= 11 is 0. The number of hydrogen-bond donors (Lipinski definition) is 3. The summed E-state index contributed by atoms with van der Waals surface area (Å²) in [7, 11) is 0. The fourth-order valence-corrected chi connectivity index (χ4v) is 3.18. The highest BCUT2D eigenvalue weighted by Crippen LogP contribution is 2.30. The average molecular weight is 340 g/mol. The molecule has 0 saturated heterocycles. The van der Waals surface area contributed by atoms with Crippen LogP contribution in [-0.4, -0.2) is 9.97 Å². The quantitative estimate of drug-likeness (QED) is 0.500. The van der Waals surface area contributed by atoms with Crippen LogP contribution in [0.1, 0.15) is 5.56 Å². The van der Waals surface area contributed by atoms with Crippen LogP contribution in [0, 0.1) is 0 Å². The van der Waals surface area contributed by atoms with Crippen LogP contribution in [0.25, 0.3) is 11.0 Å². The normalized spacial score (nSPS) is 14.5. The molecule has 0 spiro atoms. The first-order chi connectivity index (χ1) is 12.7. The molecule has 1 aromatic heterocycles. The van der Waals surface area contributed by atoms with Gasteiger partial charge in [-0.1, -0.05) is 36.4 Å². The Bertz CT molecular complexity index is 1160. The van der Waals surface area contributed by atoms with Crippen LogP contribution in [0.15, 0.2) is 82.8 Å². The highest BCUT2D eigenvalue weighted by Gasteiger charge is 2.34. The maximum absolute atomic E-state index is 5.86. The Hall–Kier alpha value is -3.67. The molecule has 3 aromatic carbocycles. The number of imidazole rings is 1. The van der Waals surface area contributed by atoms with Crippen molar-refractivity contribution in [1.29, 1.82) is 0 Å². The van der Waals surface area contributed by atoms with E-state index in [4.69, 9.17) is 15.7 Å². The van der Waals surface area contributed by atoms with Crippen LogP contribution in [0.2, 0.25) is 0 Å². The van der Waals surface area contributed by atoms with Gasteiger partial charge in [-0.25, -0.2) is 15.0 Å². The van der Waals surface area contributed by atoms with E-state index in [0.29, 0.717) is 11.6 Å². The molecular formula is C20H16N6. The summed E-state index contributed by atoms with van der Waals surface area (Å²) in [6.07, 6.45) is 0. The third-order valence-corrected chi connectivity index (χ3v) is 4.44. The second kappa shape index (κ2) is 5.42. The molecule has 126 valence electrons. The Morgan fingerprint density at radius 3 is 2.15 bits per heavy atom. The Morgan fingerprint density at radius 2 is 1.46 bits per heavy atom. The molecule has 0 unspecified atom stereocenters. The zero-order valence-electron chi connectivity index (χ0n) is 13.8. The fourth-order valence-electron chi connectivity index (χ4n) is 3.18. The van der Waals surface area contributed by atoms with Crippen molar-refractivity contribution in [1.82, 2.24) is 9.97 Å². The Morgan fingerprint density at radius 1 is 0.808 bits per heavy atom. The zero-order valence-corrected chi connectivity index (χ0v) is 13.8. The van der Waals surface area contributed by atoms with Crippen molar-refractivity contribution >= 4 is 22.7 Å². The van der Waals surface area contributed by atoms with Gasteiger partial charge in [0.15, 0.2) is 0 Å². The lowest BCUT2D eigenvalue weighted by molar-refractivity contribution is 0.537. The van der Waals surface area contributed by atoms with Crippen molar-refractivity contribution in [2.45, 2.75) is 5.79 Å². The molecule has 0 aliphatic carbocycles. The Labute approximate surface area is 149 Å². The summed E-state index contributed by atoms with van der Waals surface area (Å²) in [5, 5.41) is 5.07. The van der Waals surface area contributed by atoms with Gasteiger partial charge in [-0.2, -0.15) is 0 Å². The first-order valence-electron chi connectivity index (χ1n) is 8.36. The van der Waals surface area contributed by atoms with Gasteiger partial charge in [0.05, 0.1) is 21.7 Å². The molecule has 0 radical (unpaired) electrons. The van der Waals surface area contributed by atoms with E-state index in [2.05, 4.69) is 15.3 Å². The smallest absolute Gasteiger partial charge is 0.255 e. The van der Waals surface area contributed by atoms with Crippen molar-refractivity contribution < 1.29 is 0 Å². The van der Waals surface area contributed by atoms with Gasteiger partial charge in [-0.3, -0.25) is 0 Å². The van der Waals surface area contributed by atoms with Crippen LogP contribution in [-0.2, 0) is 5.79 Å². The molecule has 1 aliphatic heterocycles. The molecule has 0 fully saturated rings. The largest absolute Gasteiger partial charge is 0.399 e. The Kier molecular flexibility index (Phi) is 3.05. The number of fused-ring (bicyclic) bond motifs is 2. The minimum Gasteiger partial charge on any atom is -0.399 e. The number of benzene rings is 3. The molecule has 26 heavy (non-hydrogen) atoms. The minimum atomic E-state index is -0.981. The van der Waals surface area contributed by atoms with Gasteiger partial charge >= 0.3 is 0 Å². The summed E-state index contributed by atoms with van der Waals surface area (Å²) < 4.78 is 0. The molecule has 5 rings (SSSR count). The number of aromatic amines is 1. The molecule has 4 aromatic rings. The van der Waals surface area contributed by atoms with Gasteiger partial charge < -0.3 is 16.0 Å². The second-order valence-corrected chi connectivity index (χ2v) is 6.23. The van der Waals surface area contributed by atoms with E-state index in [9.17, 15) is 0 Å². The number of nitrogens with zero attached hydrogens (tertiary/aromatic N) is 3. The molecule has 0 amide bonds. The molecule has 0 atom stereocenters. The lowest BCUT2D eigenvalue weighted by Crippen LogP contribution is -2.31. The highest BCUT2D eigenvalue weighted by atomic mass is 15.3. The second-order valence-electron chi connectivity index (χ2n) is 6.23. The summed E-state index contributed by atoms with van der Waals surface area (Å²) in [5.74, 6) is -0.367. The van der Waals surface area contributed by atoms with E-state index in [0.717, 1.165) is 27.3 Å². The maximum Gasteiger partial charge on any atom is 0.255 e. The van der Waals surface area contributed by atoms with E-state index >= 15 is 0 Å². The number of nitrogens with one attached hydrogen (secondary N) is 2. The summed E-state index contributed by atoms with van der Waals surface area (Å²) in [4.78, 5) is 17.6. The van der Waals surface area contributed by atoms with Crippen molar-refractivity contribution in [2.75, 3.05) is 11.1 Å². The van der Waals surface area contributed by atoms with Gasteiger partial charge in [-0.05, 0) is 36.4 Å². The topological polar surface area (TPSA) is 91.4 Å². The maximum atomic E-state index is 5.86. The van der Waals surface area contributed by atoms with Crippen LogP contribution in [0.5, 0.6) is 0 Å². The van der Waals surface area contributed by atoms with Crippen molar-refractivity contribution in [3.05, 3.63) is 89.1 Å². The predicted molar refractivity (Wildman–Crippen MR) is 101 cm³/mol. The molecule has 4 N–H and O–H groups in total. The van der Waals surface area contributed by atoms with E-state index in [-0.39, 0.29) is 0 Å². The van der Waals surface area contributed by atoms with Gasteiger partial charge in [0.1, 0.15) is 0 Å². The molecule has 0 bridgehead atoms. The SMILES string of the molecule is Nc1ccc(C2(Nc3nc4ccccc4[nH]3)N=c3ccccc3=N2)cc1. The van der Waals surface area contributed by atoms with Crippen molar-refractivity contribution in [3.8, 4) is 0 Å². The molecular weight excluding hydrogens is 324 g/mol. The van der Waals surface area contributed by atoms with Crippen LogP contribution in [0.4, 0.5) is 11.6 Å². The third kappa shape index (κ3) is 2.31. The Balaban J connectivity index is 1.67. The van der Waals surface area contributed by atoms with Gasteiger partial charge in [-0.15, -0.1) is 0 Å². The number of rotatable bonds is 3. The molecule has 1 aliphatic rings. The molecule has 6 heteroatoms. The average Bonchev–Trinajstić information content (AvgIpc) is 3.23. The first kappa shape index (κ1) is 14.7. The minimum absolute atomic E-state index is 0.614. The lowest BCUT2D eigenvalue weighted by Gasteiger charge is -2.24. The number of nitrogen functional groups attached to an aromatic ring is 1. The van der Waals surface area contributed by atoms with Crippen molar-refractivity contribution in [2.24, 2.45) is 9.98 Å². The number of anilines is 2. The lowest BCUT2D eigenvalue weighted by atomic mass is 10.1. The highest BCUT2D eigenvalue weighted by molar-refractivity contribution is 5.77. The van der Waals surface area contributed by atoms with Crippen LogP contribution in [0.3, 0.4) is 0 Å².